The fourth-order valence-electron chi connectivity index (χ4n) is 2.50. The first-order valence-corrected chi connectivity index (χ1v) is 9.37. The highest BCUT2D eigenvalue weighted by Gasteiger charge is 2.32. The molecule has 0 aliphatic carbocycles. The van der Waals surface area contributed by atoms with Crippen LogP contribution in [0.2, 0.25) is 0 Å². The molecular formula is C20H22N2O6S. The molecule has 0 saturated carbocycles. The lowest BCUT2D eigenvalue weighted by Gasteiger charge is -2.27. The molecule has 9 heteroatoms. The molecule has 29 heavy (non-hydrogen) atoms. The smallest absolute Gasteiger partial charge is 0.344 e. The molecule has 0 spiro atoms. The first-order chi connectivity index (χ1) is 13.9. The Morgan fingerprint density at radius 1 is 1.21 bits per heavy atom. The normalized spacial score (nSPS) is 15.2. The molecule has 8 nitrogen and oxygen atoms in total. The van der Waals surface area contributed by atoms with Crippen molar-refractivity contribution < 1.29 is 28.6 Å². The number of hydrogen-bond donors (Lipinski definition) is 1. The Morgan fingerprint density at radius 2 is 1.97 bits per heavy atom. The summed E-state index contributed by atoms with van der Waals surface area (Å²) in [6.45, 7) is 7.63. The van der Waals surface area contributed by atoms with Gasteiger partial charge in [-0.05, 0) is 49.8 Å². The van der Waals surface area contributed by atoms with E-state index in [-0.39, 0.29) is 30.4 Å². The van der Waals surface area contributed by atoms with Crippen molar-refractivity contribution in [2.45, 2.75) is 13.8 Å². The molecule has 1 aliphatic heterocycles. The minimum atomic E-state index is -0.582. The number of ether oxygens (including phenoxy) is 3. The van der Waals surface area contributed by atoms with Crippen LogP contribution >= 0.6 is 12.2 Å². The van der Waals surface area contributed by atoms with Crippen LogP contribution < -0.4 is 14.8 Å². The van der Waals surface area contributed by atoms with Gasteiger partial charge in [-0.2, -0.15) is 0 Å². The number of nitrogens with one attached hydrogen (secondary N) is 1. The number of benzene rings is 1. The van der Waals surface area contributed by atoms with Crippen LogP contribution in [-0.2, 0) is 19.1 Å². The number of esters is 1. The summed E-state index contributed by atoms with van der Waals surface area (Å²) in [7, 11) is 0. The molecule has 1 heterocycles. The van der Waals surface area contributed by atoms with E-state index in [1.165, 1.54) is 17.1 Å². The van der Waals surface area contributed by atoms with Crippen molar-refractivity contribution in [2.24, 2.45) is 0 Å². The average Bonchev–Trinajstić information content (AvgIpc) is 2.68. The standard InChI is InChI=1S/C20H22N2O6S/c1-4-9-22-19(25)14(18(24)21-20(22)29)10-13-7-8-15(16(11-13)26-5-2)28-12-17(23)27-6-3/h4,7-8,10-11H,1,5-6,9,12H2,2-3H3,(H,21,24,29)/b14-10-. The summed E-state index contributed by atoms with van der Waals surface area (Å²) in [4.78, 5) is 37.6. The summed E-state index contributed by atoms with van der Waals surface area (Å²) in [6.07, 6.45) is 2.95. The van der Waals surface area contributed by atoms with Gasteiger partial charge in [0.1, 0.15) is 5.57 Å². The summed E-state index contributed by atoms with van der Waals surface area (Å²) in [6, 6.07) is 4.84. The molecule has 0 bridgehead atoms. The average molecular weight is 418 g/mol. The maximum Gasteiger partial charge on any atom is 0.344 e. The quantitative estimate of drug-likeness (QED) is 0.215. The van der Waals surface area contributed by atoms with Gasteiger partial charge >= 0.3 is 5.97 Å². The second kappa shape index (κ2) is 10.4. The van der Waals surface area contributed by atoms with Crippen LogP contribution in [0.4, 0.5) is 0 Å². The summed E-state index contributed by atoms with van der Waals surface area (Å²) < 4.78 is 15.8. The van der Waals surface area contributed by atoms with Crippen molar-refractivity contribution in [2.75, 3.05) is 26.4 Å². The van der Waals surface area contributed by atoms with Gasteiger partial charge < -0.3 is 14.2 Å². The highest BCUT2D eigenvalue weighted by molar-refractivity contribution is 7.80. The molecule has 1 saturated heterocycles. The van der Waals surface area contributed by atoms with Gasteiger partial charge in [-0.25, -0.2) is 4.79 Å². The van der Waals surface area contributed by atoms with Crippen molar-refractivity contribution in [3.63, 3.8) is 0 Å². The van der Waals surface area contributed by atoms with Gasteiger partial charge in [0.15, 0.2) is 23.2 Å². The van der Waals surface area contributed by atoms with Crippen molar-refractivity contribution in [1.82, 2.24) is 10.2 Å². The minimum absolute atomic E-state index is 0.0368. The zero-order valence-electron chi connectivity index (χ0n) is 16.2. The number of carbonyl (C=O) groups excluding carboxylic acids is 3. The molecule has 0 unspecified atom stereocenters. The van der Waals surface area contributed by atoms with Gasteiger partial charge in [-0.15, -0.1) is 6.58 Å². The maximum atomic E-state index is 12.6. The topological polar surface area (TPSA) is 94.2 Å². The first-order valence-electron chi connectivity index (χ1n) is 8.96. The fourth-order valence-corrected chi connectivity index (χ4v) is 2.75. The third kappa shape index (κ3) is 5.64. The summed E-state index contributed by atoms with van der Waals surface area (Å²) in [5.41, 5.74) is 0.477. The molecular weight excluding hydrogens is 396 g/mol. The number of rotatable bonds is 9. The Hall–Kier alpha value is -3.20. The summed E-state index contributed by atoms with van der Waals surface area (Å²) in [5.74, 6) is -0.881. The molecule has 1 fully saturated rings. The lowest BCUT2D eigenvalue weighted by molar-refractivity contribution is -0.145. The van der Waals surface area contributed by atoms with Crippen LogP contribution in [0.5, 0.6) is 11.5 Å². The fraction of sp³-hybridized carbons (Fsp3) is 0.300. The Morgan fingerprint density at radius 3 is 2.62 bits per heavy atom. The van der Waals surface area contributed by atoms with Crippen molar-refractivity contribution in [1.29, 1.82) is 0 Å². The highest BCUT2D eigenvalue weighted by Crippen LogP contribution is 2.30. The predicted octanol–water partition coefficient (Wildman–Crippen LogP) is 1.84. The van der Waals surface area contributed by atoms with E-state index in [2.05, 4.69) is 11.9 Å². The minimum Gasteiger partial charge on any atom is -0.490 e. The molecule has 0 aromatic heterocycles. The van der Waals surface area contributed by atoms with Crippen molar-refractivity contribution in [3.05, 3.63) is 42.0 Å². The van der Waals surface area contributed by atoms with Crippen LogP contribution in [0.15, 0.2) is 36.4 Å². The largest absolute Gasteiger partial charge is 0.490 e. The number of amides is 2. The van der Waals surface area contributed by atoms with Crippen LogP contribution in [0.25, 0.3) is 6.08 Å². The molecule has 1 aromatic carbocycles. The second-order valence-corrected chi connectivity index (χ2v) is 6.14. The van der Waals surface area contributed by atoms with E-state index >= 15 is 0 Å². The molecule has 0 radical (unpaired) electrons. The van der Waals surface area contributed by atoms with E-state index in [9.17, 15) is 14.4 Å². The molecule has 0 atom stereocenters. The van der Waals surface area contributed by atoms with Crippen molar-refractivity contribution >= 4 is 41.2 Å². The van der Waals surface area contributed by atoms with E-state index < -0.39 is 17.8 Å². The third-order valence-corrected chi connectivity index (χ3v) is 4.05. The Bertz CT molecular complexity index is 865. The molecule has 1 aliphatic rings. The number of carbonyl (C=O) groups is 3. The Kier molecular flexibility index (Phi) is 7.90. The van der Waals surface area contributed by atoms with Gasteiger partial charge in [0, 0.05) is 6.54 Å². The zero-order chi connectivity index (χ0) is 21.4. The van der Waals surface area contributed by atoms with Gasteiger partial charge in [-0.3, -0.25) is 19.8 Å². The molecule has 2 amide bonds. The van der Waals surface area contributed by atoms with Crippen LogP contribution in [0, 0.1) is 0 Å². The summed E-state index contributed by atoms with van der Waals surface area (Å²) >= 11 is 5.03. The third-order valence-electron chi connectivity index (χ3n) is 3.73. The van der Waals surface area contributed by atoms with E-state index in [1.54, 1.807) is 32.0 Å². The van der Waals surface area contributed by atoms with E-state index in [0.29, 0.717) is 23.7 Å². The second-order valence-electron chi connectivity index (χ2n) is 5.75. The van der Waals surface area contributed by atoms with Gasteiger partial charge in [0.25, 0.3) is 11.8 Å². The van der Waals surface area contributed by atoms with E-state index in [1.807, 2.05) is 0 Å². The first kappa shape index (κ1) is 22.1. The monoisotopic (exact) mass is 418 g/mol. The van der Waals surface area contributed by atoms with Gasteiger partial charge in [0.05, 0.1) is 13.2 Å². The van der Waals surface area contributed by atoms with Crippen LogP contribution in [0.1, 0.15) is 19.4 Å². The summed E-state index contributed by atoms with van der Waals surface area (Å²) in [5, 5.41) is 2.52. The number of thiocarbonyl (C=S) groups is 1. The van der Waals surface area contributed by atoms with Crippen molar-refractivity contribution in [3.8, 4) is 11.5 Å². The van der Waals surface area contributed by atoms with Crippen LogP contribution in [0.3, 0.4) is 0 Å². The number of hydrogen-bond acceptors (Lipinski definition) is 7. The highest BCUT2D eigenvalue weighted by atomic mass is 32.1. The van der Waals surface area contributed by atoms with Gasteiger partial charge in [0.2, 0.25) is 0 Å². The van der Waals surface area contributed by atoms with Gasteiger partial charge in [-0.1, -0.05) is 12.1 Å². The van der Waals surface area contributed by atoms with E-state index in [0.717, 1.165) is 0 Å². The van der Waals surface area contributed by atoms with E-state index in [4.69, 9.17) is 26.4 Å². The predicted molar refractivity (Wildman–Crippen MR) is 110 cm³/mol. The Labute approximate surface area is 174 Å². The van der Waals surface area contributed by atoms with Crippen LogP contribution in [-0.4, -0.2) is 54.2 Å². The lowest BCUT2D eigenvalue weighted by Crippen LogP contribution is -2.53. The SMILES string of the molecule is C=CCN1C(=O)/C(=C\c2ccc(OCC(=O)OCC)c(OCC)c2)C(=O)NC1=S. The molecule has 154 valence electrons. The lowest BCUT2D eigenvalue weighted by atomic mass is 10.1. The number of nitrogens with zero attached hydrogens (tertiary/aromatic N) is 1. The maximum absolute atomic E-state index is 12.6. The molecule has 1 N–H and O–H groups in total. The molecule has 2 rings (SSSR count). The zero-order valence-corrected chi connectivity index (χ0v) is 17.0. The molecule has 1 aromatic rings. The Balaban J connectivity index is 2.29.